The van der Waals surface area contributed by atoms with Gasteiger partial charge in [0, 0.05) is 29.9 Å². The van der Waals surface area contributed by atoms with E-state index in [-0.39, 0.29) is 36.1 Å². The number of likely N-dealkylation sites (tertiary alicyclic amines) is 1. The number of aliphatic hydroxyl groups is 1. The monoisotopic (exact) mass is 470 g/mol. The third-order valence-electron chi connectivity index (χ3n) is 7.29. The molecule has 1 aromatic heterocycles. The molecule has 4 atom stereocenters. The summed E-state index contributed by atoms with van der Waals surface area (Å²) in [5, 5.41) is 25.5. The number of amides is 2. The maximum absolute atomic E-state index is 13.3. The molecule has 174 valence electrons. The molecule has 9 nitrogen and oxygen atoms in total. The maximum atomic E-state index is 13.3. The van der Waals surface area contributed by atoms with Crippen LogP contribution in [0.3, 0.4) is 0 Å². The summed E-state index contributed by atoms with van der Waals surface area (Å²) in [7, 11) is 0. The summed E-state index contributed by atoms with van der Waals surface area (Å²) in [5.74, 6) is -0.537. The number of rotatable bonds is 6. The van der Waals surface area contributed by atoms with E-state index < -0.39 is 12.1 Å². The predicted molar refractivity (Wildman–Crippen MR) is 120 cm³/mol. The molecule has 2 N–H and O–H groups in total. The van der Waals surface area contributed by atoms with Gasteiger partial charge in [-0.05, 0) is 52.9 Å². The molecule has 2 saturated carbocycles. The highest BCUT2D eigenvalue weighted by molar-refractivity contribution is 6.30. The van der Waals surface area contributed by atoms with Gasteiger partial charge in [-0.25, -0.2) is 4.68 Å². The van der Waals surface area contributed by atoms with E-state index in [0.29, 0.717) is 17.3 Å². The topological polar surface area (TPSA) is 113 Å². The van der Waals surface area contributed by atoms with Crippen molar-refractivity contribution in [3.63, 3.8) is 0 Å². The highest BCUT2D eigenvalue weighted by atomic mass is 35.5. The number of carbonyl (C=O) groups excluding carboxylic acids is 2. The number of aromatic nitrogens is 4. The molecule has 3 aliphatic rings. The first-order valence-electron chi connectivity index (χ1n) is 11.4. The van der Waals surface area contributed by atoms with Gasteiger partial charge >= 0.3 is 0 Å². The number of nitrogens with zero attached hydrogens (tertiary/aromatic N) is 5. The maximum Gasteiger partial charge on any atom is 0.252 e. The molecule has 2 amide bonds. The van der Waals surface area contributed by atoms with Crippen molar-refractivity contribution in [3.05, 3.63) is 47.3 Å². The summed E-state index contributed by atoms with van der Waals surface area (Å²) in [4.78, 5) is 28.0. The first kappa shape index (κ1) is 22.0. The predicted octanol–water partition coefficient (Wildman–Crippen LogP) is 1.89. The Kier molecular flexibility index (Phi) is 5.92. The Hall–Kier alpha value is -2.78. The number of tetrazole rings is 1. The normalized spacial score (nSPS) is 25.6. The van der Waals surface area contributed by atoms with E-state index in [1.54, 1.807) is 23.1 Å². The van der Waals surface area contributed by atoms with E-state index in [1.165, 1.54) is 11.0 Å². The van der Waals surface area contributed by atoms with Gasteiger partial charge in [0.25, 0.3) is 5.91 Å². The number of piperidine rings is 1. The van der Waals surface area contributed by atoms with Crippen LogP contribution in [-0.2, 0) is 16.1 Å². The first-order valence-corrected chi connectivity index (χ1v) is 11.8. The van der Waals surface area contributed by atoms with Crippen molar-refractivity contribution in [1.29, 1.82) is 0 Å². The summed E-state index contributed by atoms with van der Waals surface area (Å²) in [6, 6.07) is 4.61. The Morgan fingerprint density at radius 3 is 2.79 bits per heavy atom. The number of benzene rings is 1. The number of fused-ring (bicyclic) bond motifs is 1. The molecule has 33 heavy (non-hydrogen) atoms. The summed E-state index contributed by atoms with van der Waals surface area (Å²) < 4.78 is 1.50. The van der Waals surface area contributed by atoms with E-state index in [1.807, 2.05) is 0 Å². The molecule has 2 heterocycles. The van der Waals surface area contributed by atoms with Crippen LogP contribution >= 0.6 is 11.6 Å². The summed E-state index contributed by atoms with van der Waals surface area (Å²) in [6.07, 6.45) is 5.33. The molecule has 2 aliphatic carbocycles. The summed E-state index contributed by atoms with van der Waals surface area (Å²) in [6.45, 7) is 4.70. The van der Waals surface area contributed by atoms with Gasteiger partial charge in [0.2, 0.25) is 5.91 Å². The average Bonchev–Trinajstić information content (AvgIpc) is 3.24. The molecule has 3 fully saturated rings. The Bertz CT molecular complexity index is 1070. The van der Waals surface area contributed by atoms with E-state index >= 15 is 0 Å². The molecule has 10 heteroatoms. The Labute approximate surface area is 196 Å². The number of aliphatic hydroxyl groups excluding tert-OH is 1. The largest absolute Gasteiger partial charge is 0.383 e. The minimum Gasteiger partial charge on any atom is -0.383 e. The third kappa shape index (κ3) is 4.15. The number of halogens is 1. The lowest BCUT2D eigenvalue weighted by Crippen LogP contribution is -2.52. The molecule has 1 aliphatic heterocycles. The smallest absolute Gasteiger partial charge is 0.252 e. The van der Waals surface area contributed by atoms with Crippen LogP contribution in [0.5, 0.6) is 0 Å². The molecular formula is C23H27ClN6O3. The standard InChI is InChI=1S/C23H27ClN6O3/c1-13-17-11-29(23(33)21(31)14-5-3-2-4-6-14)20(19(13)17)22(32)25-10-15-9-16(24)7-8-18(15)30-12-26-27-28-30/h7-9,12,14,17,19-21,31H,1-6,10-11H2,(H,25,32)/t17-,19+,20+,21-/m1/s1. The molecule has 0 unspecified atom stereocenters. The van der Waals surface area contributed by atoms with Gasteiger partial charge in [-0.1, -0.05) is 43.0 Å². The van der Waals surface area contributed by atoms with Gasteiger partial charge in [-0.15, -0.1) is 5.10 Å². The van der Waals surface area contributed by atoms with Crippen molar-refractivity contribution in [2.75, 3.05) is 6.54 Å². The number of nitrogens with one attached hydrogen (secondary N) is 1. The SMILES string of the molecule is C=C1[C@H]2[C@@H]1CN(C(=O)[C@H](O)C1CCCCC1)[C@@H]2C(=O)NCc1cc(Cl)ccc1-n1cnnn1. The quantitative estimate of drug-likeness (QED) is 0.623. The van der Waals surface area contributed by atoms with Crippen LogP contribution in [0.1, 0.15) is 37.7 Å². The molecule has 2 aromatic rings. The molecule has 1 aromatic carbocycles. The fourth-order valence-electron chi connectivity index (χ4n) is 5.41. The van der Waals surface area contributed by atoms with Crippen molar-refractivity contribution in [3.8, 4) is 5.69 Å². The van der Waals surface area contributed by atoms with Gasteiger partial charge in [0.1, 0.15) is 18.5 Å². The van der Waals surface area contributed by atoms with Crippen LogP contribution in [0.25, 0.3) is 5.69 Å². The number of hydrogen-bond donors (Lipinski definition) is 2. The molecule has 0 radical (unpaired) electrons. The zero-order valence-electron chi connectivity index (χ0n) is 18.2. The number of hydrogen-bond acceptors (Lipinski definition) is 6. The average molecular weight is 471 g/mol. The van der Waals surface area contributed by atoms with Gasteiger partial charge < -0.3 is 15.3 Å². The van der Waals surface area contributed by atoms with E-state index in [4.69, 9.17) is 11.6 Å². The molecule has 0 bridgehead atoms. The van der Waals surface area contributed by atoms with Crippen LogP contribution in [0.2, 0.25) is 5.02 Å². The zero-order chi connectivity index (χ0) is 23.1. The van der Waals surface area contributed by atoms with Crippen LogP contribution in [0.4, 0.5) is 0 Å². The lowest BCUT2D eigenvalue weighted by molar-refractivity contribution is -0.149. The minimum absolute atomic E-state index is 0.0274. The Balaban J connectivity index is 1.31. The van der Waals surface area contributed by atoms with Crippen LogP contribution in [0.15, 0.2) is 36.7 Å². The van der Waals surface area contributed by atoms with Crippen molar-refractivity contribution in [2.24, 2.45) is 17.8 Å². The van der Waals surface area contributed by atoms with Crippen LogP contribution in [0, 0.1) is 17.8 Å². The van der Waals surface area contributed by atoms with E-state index in [2.05, 4.69) is 27.4 Å². The summed E-state index contributed by atoms with van der Waals surface area (Å²) >= 11 is 6.18. The highest BCUT2D eigenvalue weighted by Crippen LogP contribution is 2.54. The minimum atomic E-state index is -1.05. The zero-order valence-corrected chi connectivity index (χ0v) is 19.0. The van der Waals surface area contributed by atoms with Crippen LogP contribution < -0.4 is 5.32 Å². The van der Waals surface area contributed by atoms with Crippen LogP contribution in [-0.4, -0.2) is 60.7 Å². The molecule has 5 rings (SSSR count). The fourth-order valence-corrected chi connectivity index (χ4v) is 5.60. The van der Waals surface area contributed by atoms with Crippen molar-refractivity contribution < 1.29 is 14.7 Å². The lowest BCUT2D eigenvalue weighted by atomic mass is 9.84. The van der Waals surface area contributed by atoms with Gasteiger partial charge in [0.15, 0.2) is 0 Å². The second-order valence-electron chi connectivity index (χ2n) is 9.23. The fraction of sp³-hybridized carbons (Fsp3) is 0.522. The van der Waals surface area contributed by atoms with Crippen molar-refractivity contribution in [2.45, 2.75) is 50.8 Å². The molecular weight excluding hydrogens is 444 g/mol. The van der Waals surface area contributed by atoms with E-state index in [0.717, 1.165) is 43.2 Å². The highest BCUT2D eigenvalue weighted by Gasteiger charge is 2.60. The Morgan fingerprint density at radius 2 is 2.06 bits per heavy atom. The second-order valence-corrected chi connectivity index (χ2v) is 9.67. The number of carbonyl (C=O) groups is 2. The van der Waals surface area contributed by atoms with Crippen molar-refractivity contribution in [1.82, 2.24) is 30.4 Å². The molecule has 0 spiro atoms. The molecule has 1 saturated heterocycles. The van der Waals surface area contributed by atoms with Gasteiger partial charge in [0.05, 0.1) is 5.69 Å². The van der Waals surface area contributed by atoms with Crippen molar-refractivity contribution >= 4 is 23.4 Å². The third-order valence-corrected chi connectivity index (χ3v) is 7.52. The van der Waals surface area contributed by atoms with E-state index in [9.17, 15) is 14.7 Å². The summed E-state index contributed by atoms with van der Waals surface area (Å²) in [5.41, 5.74) is 2.45. The first-order chi connectivity index (χ1) is 16.0. The van der Waals surface area contributed by atoms with Gasteiger partial charge in [-0.2, -0.15) is 0 Å². The lowest BCUT2D eigenvalue weighted by Gasteiger charge is -2.33. The Morgan fingerprint density at radius 1 is 1.27 bits per heavy atom. The van der Waals surface area contributed by atoms with Gasteiger partial charge in [-0.3, -0.25) is 9.59 Å². The second kappa shape index (κ2) is 8.87.